The van der Waals surface area contributed by atoms with Gasteiger partial charge in [-0.15, -0.1) is 0 Å². The normalized spacial score (nSPS) is 16.6. The maximum atomic E-state index is 12.6. The first-order valence-corrected chi connectivity index (χ1v) is 9.88. The SMILES string of the molecule is C[C@@H](C(=O)Nc1ccc([N+](=O)[O-])cc1)N1CCC(c2c[nH]c3ccccc23)CC1. The molecule has 3 aromatic rings. The van der Waals surface area contributed by atoms with Gasteiger partial charge in [-0.2, -0.15) is 0 Å². The standard InChI is InChI=1S/C22H24N4O3/c1-15(22(27)24-17-6-8-18(9-7-17)26(28)29)25-12-10-16(11-13-25)20-14-23-21-5-3-2-4-19(20)21/h2-9,14-16,23H,10-13H2,1H3,(H,24,27)/t15-/m0/s1. The topological polar surface area (TPSA) is 91.3 Å². The van der Waals surface area contributed by atoms with Gasteiger partial charge in [0.15, 0.2) is 0 Å². The van der Waals surface area contributed by atoms with E-state index in [2.05, 4.69) is 39.6 Å². The molecule has 1 fully saturated rings. The number of hydrogen-bond donors (Lipinski definition) is 2. The highest BCUT2D eigenvalue weighted by Crippen LogP contribution is 2.33. The van der Waals surface area contributed by atoms with Crippen molar-refractivity contribution in [2.45, 2.75) is 31.7 Å². The van der Waals surface area contributed by atoms with Gasteiger partial charge in [-0.05, 0) is 62.5 Å². The number of piperidine rings is 1. The van der Waals surface area contributed by atoms with E-state index in [-0.39, 0.29) is 17.6 Å². The van der Waals surface area contributed by atoms with Crippen LogP contribution >= 0.6 is 0 Å². The molecule has 7 nitrogen and oxygen atoms in total. The third kappa shape index (κ3) is 4.00. The van der Waals surface area contributed by atoms with Crippen LogP contribution in [-0.4, -0.2) is 39.8 Å². The molecule has 0 spiro atoms. The number of rotatable bonds is 5. The number of aromatic amines is 1. The van der Waals surface area contributed by atoms with Crippen molar-refractivity contribution in [1.29, 1.82) is 0 Å². The van der Waals surface area contributed by atoms with Crippen molar-refractivity contribution in [2.75, 3.05) is 18.4 Å². The number of nitrogens with one attached hydrogen (secondary N) is 2. The molecule has 0 unspecified atom stereocenters. The van der Waals surface area contributed by atoms with Crippen molar-refractivity contribution in [1.82, 2.24) is 9.88 Å². The number of likely N-dealkylation sites (tertiary alicyclic amines) is 1. The molecule has 1 saturated heterocycles. The molecule has 2 aromatic carbocycles. The van der Waals surface area contributed by atoms with Gasteiger partial charge >= 0.3 is 0 Å². The van der Waals surface area contributed by atoms with Crippen molar-refractivity contribution in [3.8, 4) is 0 Å². The lowest BCUT2D eigenvalue weighted by Crippen LogP contribution is -2.45. The summed E-state index contributed by atoms with van der Waals surface area (Å²) in [5, 5.41) is 14.9. The number of non-ortho nitro benzene ring substituents is 1. The highest BCUT2D eigenvalue weighted by Gasteiger charge is 2.28. The molecule has 1 aliphatic rings. The van der Waals surface area contributed by atoms with Gasteiger partial charge in [0.1, 0.15) is 0 Å². The largest absolute Gasteiger partial charge is 0.361 e. The molecule has 1 atom stereocenters. The maximum absolute atomic E-state index is 12.6. The summed E-state index contributed by atoms with van der Waals surface area (Å²) in [6.07, 6.45) is 4.14. The maximum Gasteiger partial charge on any atom is 0.269 e. The quantitative estimate of drug-likeness (QED) is 0.501. The number of nitro groups is 1. The van der Waals surface area contributed by atoms with Crippen molar-refractivity contribution < 1.29 is 9.72 Å². The van der Waals surface area contributed by atoms with Gasteiger partial charge in [0.2, 0.25) is 5.91 Å². The van der Waals surface area contributed by atoms with Gasteiger partial charge in [-0.25, -0.2) is 0 Å². The molecule has 0 aliphatic carbocycles. The molecule has 1 amide bonds. The molecule has 2 N–H and O–H groups in total. The number of nitro benzene ring substituents is 1. The number of carbonyl (C=O) groups excluding carboxylic acids is 1. The van der Waals surface area contributed by atoms with Crippen molar-refractivity contribution in [3.05, 3.63) is 70.4 Å². The molecule has 150 valence electrons. The van der Waals surface area contributed by atoms with Crippen molar-refractivity contribution in [2.24, 2.45) is 0 Å². The summed E-state index contributed by atoms with van der Waals surface area (Å²) in [5.74, 6) is 0.400. The summed E-state index contributed by atoms with van der Waals surface area (Å²) in [6.45, 7) is 3.63. The first kappa shape index (κ1) is 19.1. The fourth-order valence-corrected chi connectivity index (χ4v) is 4.11. The van der Waals surface area contributed by atoms with Gasteiger partial charge in [-0.1, -0.05) is 18.2 Å². The Bertz CT molecular complexity index is 1020. The van der Waals surface area contributed by atoms with Gasteiger partial charge < -0.3 is 10.3 Å². The Labute approximate surface area is 168 Å². The van der Waals surface area contributed by atoms with Crippen LogP contribution in [0.1, 0.15) is 31.2 Å². The second-order valence-corrected chi connectivity index (χ2v) is 7.57. The van der Waals surface area contributed by atoms with Crippen molar-refractivity contribution in [3.63, 3.8) is 0 Å². The Balaban J connectivity index is 1.35. The Morgan fingerprint density at radius 2 is 1.86 bits per heavy atom. The number of fused-ring (bicyclic) bond motifs is 1. The van der Waals surface area contributed by atoms with E-state index in [0.29, 0.717) is 11.6 Å². The van der Waals surface area contributed by atoms with E-state index < -0.39 is 4.92 Å². The summed E-state index contributed by atoms with van der Waals surface area (Å²) in [6, 6.07) is 14.0. The number of nitrogens with zero attached hydrogens (tertiary/aromatic N) is 2. The minimum absolute atomic E-state index is 0.00963. The Kier molecular flexibility index (Phi) is 5.31. The van der Waals surface area contributed by atoms with Crippen molar-refractivity contribution >= 4 is 28.2 Å². The lowest BCUT2D eigenvalue weighted by molar-refractivity contribution is -0.384. The van der Waals surface area contributed by atoms with Crippen LogP contribution in [0.25, 0.3) is 10.9 Å². The highest BCUT2D eigenvalue weighted by atomic mass is 16.6. The average Bonchev–Trinajstić information content (AvgIpc) is 3.18. The van der Waals surface area contributed by atoms with Crippen LogP contribution in [0.15, 0.2) is 54.7 Å². The summed E-state index contributed by atoms with van der Waals surface area (Å²) >= 11 is 0. The number of benzene rings is 2. The van der Waals surface area contributed by atoms with Crippen LogP contribution < -0.4 is 5.32 Å². The van der Waals surface area contributed by atoms with E-state index in [1.54, 1.807) is 12.1 Å². The second-order valence-electron chi connectivity index (χ2n) is 7.57. The van der Waals surface area contributed by atoms with Crippen LogP contribution in [0.4, 0.5) is 11.4 Å². The number of H-pyrrole nitrogens is 1. The van der Waals surface area contributed by atoms with Gasteiger partial charge in [0, 0.05) is 34.9 Å². The van der Waals surface area contributed by atoms with E-state index >= 15 is 0 Å². The first-order chi connectivity index (χ1) is 14.0. The average molecular weight is 392 g/mol. The lowest BCUT2D eigenvalue weighted by Gasteiger charge is -2.35. The van der Waals surface area contributed by atoms with E-state index in [1.807, 2.05) is 13.0 Å². The minimum atomic E-state index is -0.452. The molecule has 4 rings (SSSR count). The molecule has 7 heteroatoms. The molecule has 1 aromatic heterocycles. The lowest BCUT2D eigenvalue weighted by atomic mass is 9.88. The van der Waals surface area contributed by atoms with Crippen LogP contribution in [0, 0.1) is 10.1 Å². The molecule has 0 radical (unpaired) electrons. The fourth-order valence-electron chi connectivity index (χ4n) is 4.11. The van der Waals surface area contributed by atoms with E-state index in [1.165, 1.54) is 28.6 Å². The number of para-hydroxylation sites is 1. The Morgan fingerprint density at radius 1 is 1.17 bits per heavy atom. The molecule has 2 heterocycles. The second kappa shape index (κ2) is 8.05. The third-order valence-corrected chi connectivity index (χ3v) is 5.86. The van der Waals surface area contributed by atoms with Crippen LogP contribution in [0.3, 0.4) is 0 Å². The summed E-state index contributed by atoms with van der Waals surface area (Å²) in [4.78, 5) is 28.5. The fraction of sp³-hybridized carbons (Fsp3) is 0.318. The zero-order chi connectivity index (χ0) is 20.4. The number of anilines is 1. The van der Waals surface area contributed by atoms with Crippen LogP contribution in [-0.2, 0) is 4.79 Å². The van der Waals surface area contributed by atoms with Gasteiger partial charge in [0.05, 0.1) is 11.0 Å². The zero-order valence-corrected chi connectivity index (χ0v) is 16.3. The van der Waals surface area contributed by atoms with Crippen LogP contribution in [0.2, 0.25) is 0 Å². The van der Waals surface area contributed by atoms with Gasteiger partial charge in [-0.3, -0.25) is 19.8 Å². The molecule has 29 heavy (non-hydrogen) atoms. The zero-order valence-electron chi connectivity index (χ0n) is 16.3. The third-order valence-electron chi connectivity index (χ3n) is 5.86. The number of amides is 1. The molecular weight excluding hydrogens is 368 g/mol. The summed E-state index contributed by atoms with van der Waals surface area (Å²) in [5.41, 5.74) is 3.11. The highest BCUT2D eigenvalue weighted by molar-refractivity contribution is 5.94. The molecule has 1 aliphatic heterocycles. The van der Waals surface area contributed by atoms with E-state index in [9.17, 15) is 14.9 Å². The minimum Gasteiger partial charge on any atom is -0.361 e. The molecular formula is C22H24N4O3. The Morgan fingerprint density at radius 3 is 2.55 bits per heavy atom. The first-order valence-electron chi connectivity index (χ1n) is 9.88. The summed E-state index contributed by atoms with van der Waals surface area (Å²) in [7, 11) is 0. The summed E-state index contributed by atoms with van der Waals surface area (Å²) < 4.78 is 0. The van der Waals surface area contributed by atoms with Crippen LogP contribution in [0.5, 0.6) is 0 Å². The number of carbonyl (C=O) groups is 1. The molecule has 0 saturated carbocycles. The smallest absolute Gasteiger partial charge is 0.269 e. The van der Waals surface area contributed by atoms with E-state index in [4.69, 9.17) is 0 Å². The monoisotopic (exact) mass is 392 g/mol. The number of aromatic nitrogens is 1. The van der Waals surface area contributed by atoms with E-state index in [0.717, 1.165) is 25.9 Å². The molecule has 0 bridgehead atoms. The predicted octanol–water partition coefficient (Wildman–Crippen LogP) is 4.28. The number of hydrogen-bond acceptors (Lipinski definition) is 4. The predicted molar refractivity (Wildman–Crippen MR) is 113 cm³/mol. The Hall–Kier alpha value is -3.19. The van der Waals surface area contributed by atoms with Gasteiger partial charge in [0.25, 0.3) is 5.69 Å².